The third-order valence-corrected chi connectivity index (χ3v) is 3.50. The minimum absolute atomic E-state index is 0.0172. The van der Waals surface area contributed by atoms with Crippen molar-refractivity contribution in [1.82, 2.24) is 10.2 Å². The zero-order valence-electron chi connectivity index (χ0n) is 12.2. The molecule has 1 aliphatic heterocycles. The number of amides is 1. The molecule has 0 bridgehead atoms. The van der Waals surface area contributed by atoms with Crippen LogP contribution in [0.5, 0.6) is 5.75 Å². The van der Waals surface area contributed by atoms with Gasteiger partial charge in [0.15, 0.2) is 0 Å². The molecule has 0 radical (unpaired) electrons. The fourth-order valence-corrected chi connectivity index (χ4v) is 2.37. The van der Waals surface area contributed by atoms with E-state index in [-0.39, 0.29) is 5.91 Å². The summed E-state index contributed by atoms with van der Waals surface area (Å²) in [4.78, 5) is 14.1. The molecule has 0 saturated carbocycles. The number of nitrogens with one attached hydrogen (secondary N) is 2. The maximum atomic E-state index is 12.0. The fraction of sp³-hybridized carbons (Fsp3) is 0.533. The highest BCUT2D eigenvalue weighted by Crippen LogP contribution is 2.15. The van der Waals surface area contributed by atoms with Crippen molar-refractivity contribution in [3.05, 3.63) is 24.3 Å². The third-order valence-electron chi connectivity index (χ3n) is 3.50. The van der Waals surface area contributed by atoms with Gasteiger partial charge in [-0.05, 0) is 51.2 Å². The predicted molar refractivity (Wildman–Crippen MR) is 80.1 cm³/mol. The molecule has 1 amide bonds. The number of hydrogen-bond acceptors (Lipinski definition) is 4. The van der Waals surface area contributed by atoms with E-state index in [0.717, 1.165) is 30.9 Å². The minimum atomic E-state index is 0.0172. The lowest BCUT2D eigenvalue weighted by Crippen LogP contribution is -2.39. The lowest BCUT2D eigenvalue weighted by molar-refractivity contribution is -0.117. The van der Waals surface area contributed by atoms with Gasteiger partial charge in [-0.25, -0.2) is 0 Å². The molecular formula is C15H23N3O2. The Hall–Kier alpha value is -1.59. The quantitative estimate of drug-likeness (QED) is 0.823. The van der Waals surface area contributed by atoms with E-state index < -0.39 is 0 Å². The number of hydrogen-bond donors (Lipinski definition) is 2. The van der Waals surface area contributed by atoms with Gasteiger partial charge in [0, 0.05) is 18.3 Å². The molecule has 1 unspecified atom stereocenters. The van der Waals surface area contributed by atoms with Gasteiger partial charge in [-0.15, -0.1) is 0 Å². The SMILES string of the molecule is CCOc1ccc(NC(=O)CN(C)C2CCNC2)cc1. The molecule has 5 nitrogen and oxygen atoms in total. The van der Waals surface area contributed by atoms with Crippen LogP contribution in [0, 0.1) is 0 Å². The summed E-state index contributed by atoms with van der Waals surface area (Å²) in [6.45, 7) is 5.01. The zero-order chi connectivity index (χ0) is 14.4. The van der Waals surface area contributed by atoms with E-state index in [9.17, 15) is 4.79 Å². The lowest BCUT2D eigenvalue weighted by atomic mass is 10.2. The number of nitrogens with zero attached hydrogens (tertiary/aromatic N) is 1. The molecule has 1 atom stereocenters. The molecule has 0 aromatic heterocycles. The summed E-state index contributed by atoms with van der Waals surface area (Å²) in [5, 5.41) is 6.22. The Morgan fingerprint density at radius 1 is 1.45 bits per heavy atom. The van der Waals surface area contributed by atoms with Crippen LogP contribution >= 0.6 is 0 Å². The van der Waals surface area contributed by atoms with E-state index >= 15 is 0 Å². The van der Waals surface area contributed by atoms with Crippen molar-refractivity contribution in [1.29, 1.82) is 0 Å². The highest BCUT2D eigenvalue weighted by molar-refractivity contribution is 5.92. The Bertz CT molecular complexity index is 427. The van der Waals surface area contributed by atoms with Crippen molar-refractivity contribution in [3.63, 3.8) is 0 Å². The van der Waals surface area contributed by atoms with Gasteiger partial charge in [0.25, 0.3) is 0 Å². The van der Waals surface area contributed by atoms with Gasteiger partial charge in [-0.3, -0.25) is 9.69 Å². The van der Waals surface area contributed by atoms with Gasteiger partial charge in [0.05, 0.1) is 13.2 Å². The van der Waals surface area contributed by atoms with Gasteiger partial charge in [0.2, 0.25) is 5.91 Å². The molecular weight excluding hydrogens is 254 g/mol. The van der Waals surface area contributed by atoms with E-state index in [1.807, 2.05) is 38.2 Å². The second-order valence-corrected chi connectivity index (χ2v) is 5.07. The van der Waals surface area contributed by atoms with Crippen LogP contribution in [0.1, 0.15) is 13.3 Å². The van der Waals surface area contributed by atoms with Crippen molar-refractivity contribution < 1.29 is 9.53 Å². The first-order chi connectivity index (χ1) is 9.69. The highest BCUT2D eigenvalue weighted by atomic mass is 16.5. The molecule has 20 heavy (non-hydrogen) atoms. The molecule has 1 heterocycles. The first-order valence-electron chi connectivity index (χ1n) is 7.12. The normalized spacial score (nSPS) is 18.2. The summed E-state index contributed by atoms with van der Waals surface area (Å²) in [6.07, 6.45) is 1.10. The molecule has 5 heteroatoms. The summed E-state index contributed by atoms with van der Waals surface area (Å²) in [7, 11) is 2.00. The predicted octanol–water partition coefficient (Wildman–Crippen LogP) is 1.32. The molecule has 110 valence electrons. The molecule has 1 saturated heterocycles. The molecule has 2 rings (SSSR count). The topological polar surface area (TPSA) is 53.6 Å². The molecule has 0 spiro atoms. The lowest BCUT2D eigenvalue weighted by Gasteiger charge is -2.22. The van der Waals surface area contributed by atoms with Crippen molar-refractivity contribution in [2.24, 2.45) is 0 Å². The molecule has 2 N–H and O–H groups in total. The summed E-state index contributed by atoms with van der Waals surface area (Å²) >= 11 is 0. The van der Waals surface area contributed by atoms with E-state index in [1.54, 1.807) is 0 Å². The van der Waals surface area contributed by atoms with Gasteiger partial charge < -0.3 is 15.4 Å². The highest BCUT2D eigenvalue weighted by Gasteiger charge is 2.20. The van der Waals surface area contributed by atoms with Crippen LogP contribution in [0.25, 0.3) is 0 Å². The Balaban J connectivity index is 1.81. The molecule has 0 aliphatic carbocycles. The first-order valence-corrected chi connectivity index (χ1v) is 7.12. The van der Waals surface area contributed by atoms with Crippen LogP contribution in [-0.4, -0.2) is 50.1 Å². The van der Waals surface area contributed by atoms with E-state index in [2.05, 4.69) is 15.5 Å². The van der Waals surface area contributed by atoms with Crippen molar-refractivity contribution in [2.45, 2.75) is 19.4 Å². The summed E-state index contributed by atoms with van der Waals surface area (Å²) in [5.41, 5.74) is 0.802. The van der Waals surface area contributed by atoms with Gasteiger partial charge in [-0.2, -0.15) is 0 Å². The Kier molecular flexibility index (Phi) is 5.38. The van der Waals surface area contributed by atoms with Crippen LogP contribution in [-0.2, 0) is 4.79 Å². The second kappa shape index (κ2) is 7.26. The van der Waals surface area contributed by atoms with Crippen LogP contribution in [0.2, 0.25) is 0 Å². The smallest absolute Gasteiger partial charge is 0.238 e. The molecule has 1 aromatic rings. The summed E-state index contributed by atoms with van der Waals surface area (Å²) in [5.74, 6) is 0.836. The zero-order valence-corrected chi connectivity index (χ0v) is 12.2. The summed E-state index contributed by atoms with van der Waals surface area (Å²) in [6, 6.07) is 7.91. The number of carbonyl (C=O) groups excluding carboxylic acids is 1. The molecule has 1 aromatic carbocycles. The monoisotopic (exact) mass is 277 g/mol. The fourth-order valence-electron chi connectivity index (χ4n) is 2.37. The van der Waals surface area contributed by atoms with Crippen LogP contribution < -0.4 is 15.4 Å². The van der Waals surface area contributed by atoms with Crippen LogP contribution in [0.3, 0.4) is 0 Å². The number of benzene rings is 1. The number of carbonyl (C=O) groups is 1. The Labute approximate surface area is 120 Å². The second-order valence-electron chi connectivity index (χ2n) is 5.07. The Morgan fingerprint density at radius 2 is 2.20 bits per heavy atom. The maximum absolute atomic E-state index is 12.0. The van der Waals surface area contributed by atoms with E-state index in [0.29, 0.717) is 19.2 Å². The Morgan fingerprint density at radius 3 is 2.80 bits per heavy atom. The molecule has 1 aliphatic rings. The molecule has 1 fully saturated rings. The van der Waals surface area contributed by atoms with E-state index in [4.69, 9.17) is 4.74 Å². The third kappa shape index (κ3) is 4.21. The average Bonchev–Trinajstić information content (AvgIpc) is 2.95. The number of rotatable bonds is 6. The maximum Gasteiger partial charge on any atom is 0.238 e. The number of likely N-dealkylation sites (N-methyl/N-ethyl adjacent to an activating group) is 1. The van der Waals surface area contributed by atoms with Gasteiger partial charge >= 0.3 is 0 Å². The van der Waals surface area contributed by atoms with Crippen LogP contribution in [0.15, 0.2) is 24.3 Å². The standard InChI is InChI=1S/C15H23N3O2/c1-3-20-14-6-4-12(5-7-14)17-15(19)11-18(2)13-8-9-16-10-13/h4-7,13,16H,3,8-11H2,1-2H3,(H,17,19). The first kappa shape index (κ1) is 14.8. The van der Waals surface area contributed by atoms with Crippen molar-refractivity contribution >= 4 is 11.6 Å². The number of ether oxygens (including phenoxy) is 1. The van der Waals surface area contributed by atoms with Crippen molar-refractivity contribution in [2.75, 3.05) is 38.6 Å². The summed E-state index contributed by atoms with van der Waals surface area (Å²) < 4.78 is 5.37. The largest absolute Gasteiger partial charge is 0.494 e. The van der Waals surface area contributed by atoms with Crippen molar-refractivity contribution in [3.8, 4) is 5.75 Å². The number of anilines is 1. The minimum Gasteiger partial charge on any atom is -0.494 e. The van der Waals surface area contributed by atoms with Gasteiger partial charge in [-0.1, -0.05) is 0 Å². The van der Waals surface area contributed by atoms with Crippen LogP contribution in [0.4, 0.5) is 5.69 Å². The van der Waals surface area contributed by atoms with E-state index in [1.165, 1.54) is 0 Å². The average molecular weight is 277 g/mol. The van der Waals surface area contributed by atoms with Gasteiger partial charge in [0.1, 0.15) is 5.75 Å².